The molecule has 2 aromatic rings. The number of rotatable bonds is 21. The average molecular weight is 538 g/mol. The van der Waals surface area contributed by atoms with Crippen LogP contribution in [0.25, 0.3) is 0 Å². The van der Waals surface area contributed by atoms with E-state index in [0.717, 1.165) is 42.9 Å². The summed E-state index contributed by atoms with van der Waals surface area (Å²) in [5.74, 6) is 0.613. The van der Waals surface area contributed by atoms with E-state index in [0.29, 0.717) is 6.54 Å². The molecule has 0 unspecified atom stereocenters. The average Bonchev–Trinajstić information content (AvgIpc) is 2.93. The summed E-state index contributed by atoms with van der Waals surface area (Å²) in [6.45, 7) is 6.87. The van der Waals surface area contributed by atoms with Gasteiger partial charge in [-0.3, -0.25) is 9.59 Å². The third kappa shape index (κ3) is 14.8. The molecule has 5 nitrogen and oxygen atoms in total. The van der Waals surface area contributed by atoms with Gasteiger partial charge < -0.3 is 14.4 Å². The van der Waals surface area contributed by atoms with E-state index < -0.39 is 0 Å². The number of unbranched alkanes of at least 4 members (excludes halogenated alkanes) is 11. The molecule has 0 saturated carbocycles. The summed E-state index contributed by atoms with van der Waals surface area (Å²) in [4.78, 5) is 25.2. The normalized spacial score (nSPS) is 10.8. The van der Waals surface area contributed by atoms with Gasteiger partial charge >= 0.3 is 5.97 Å². The van der Waals surface area contributed by atoms with Gasteiger partial charge in [-0.2, -0.15) is 0 Å². The number of esters is 1. The highest BCUT2D eigenvalue weighted by atomic mass is 16.5. The molecule has 2 rings (SSSR count). The molecule has 0 atom stereocenters. The van der Waals surface area contributed by atoms with E-state index in [2.05, 4.69) is 31.2 Å². The number of carbonyl (C=O) groups excluding carboxylic acids is 2. The first-order chi connectivity index (χ1) is 19.0. The van der Waals surface area contributed by atoms with Crippen molar-refractivity contribution < 1.29 is 19.1 Å². The van der Waals surface area contributed by atoms with Crippen LogP contribution in [-0.4, -0.2) is 25.0 Å². The number of amides is 1. The molecule has 0 aromatic heterocycles. The summed E-state index contributed by atoms with van der Waals surface area (Å²) in [5.41, 5.74) is 2.93. The zero-order chi connectivity index (χ0) is 28.1. The smallest absolute Gasteiger partial charge is 0.302 e. The number of hydrogen-bond donors (Lipinski definition) is 0. The Labute approximate surface area is 237 Å². The summed E-state index contributed by atoms with van der Waals surface area (Å²) in [6, 6.07) is 16.0. The SMILES string of the molecule is CCCCCCCCCCCCCCOc1ccc(CCCN(C(C)=O)c2cccc(COC(C)=O)c2)cc1. The molecule has 0 aliphatic heterocycles. The largest absolute Gasteiger partial charge is 0.494 e. The third-order valence-corrected chi connectivity index (χ3v) is 7.08. The number of hydrogen-bond acceptors (Lipinski definition) is 4. The van der Waals surface area contributed by atoms with Crippen LogP contribution in [0.1, 0.15) is 115 Å². The zero-order valence-electron chi connectivity index (χ0n) is 24.7. The summed E-state index contributed by atoms with van der Waals surface area (Å²) in [6.07, 6.45) is 17.9. The van der Waals surface area contributed by atoms with E-state index in [-0.39, 0.29) is 18.5 Å². The van der Waals surface area contributed by atoms with Gasteiger partial charge in [-0.05, 0) is 54.7 Å². The minimum absolute atomic E-state index is 0.00110. The Morgan fingerprint density at radius 1 is 0.718 bits per heavy atom. The van der Waals surface area contributed by atoms with Crippen LogP contribution in [0.15, 0.2) is 48.5 Å². The van der Waals surface area contributed by atoms with Gasteiger partial charge in [0.1, 0.15) is 12.4 Å². The van der Waals surface area contributed by atoms with Crippen LogP contribution in [0.5, 0.6) is 5.75 Å². The Hall–Kier alpha value is -2.82. The van der Waals surface area contributed by atoms with Gasteiger partial charge in [0, 0.05) is 26.1 Å². The van der Waals surface area contributed by atoms with Crippen LogP contribution >= 0.6 is 0 Å². The number of carbonyl (C=O) groups is 2. The van der Waals surface area contributed by atoms with Crippen LogP contribution < -0.4 is 9.64 Å². The molecular formula is C34H51NO4. The Bertz CT molecular complexity index is 940. The van der Waals surface area contributed by atoms with E-state index in [1.54, 1.807) is 11.8 Å². The lowest BCUT2D eigenvalue weighted by Crippen LogP contribution is -2.29. The lowest BCUT2D eigenvalue weighted by molar-refractivity contribution is -0.142. The van der Waals surface area contributed by atoms with Gasteiger partial charge in [0.05, 0.1) is 6.61 Å². The fraction of sp³-hybridized carbons (Fsp3) is 0.588. The number of aryl methyl sites for hydroxylation is 1. The van der Waals surface area contributed by atoms with Crippen molar-refractivity contribution in [2.45, 2.75) is 117 Å². The first kappa shape index (κ1) is 32.4. The van der Waals surface area contributed by atoms with Crippen molar-refractivity contribution in [2.75, 3.05) is 18.1 Å². The number of nitrogens with zero attached hydrogens (tertiary/aromatic N) is 1. The molecule has 0 heterocycles. The number of ether oxygens (including phenoxy) is 2. The summed E-state index contributed by atoms with van der Waals surface area (Å²) < 4.78 is 11.0. The summed E-state index contributed by atoms with van der Waals surface area (Å²) in [5, 5.41) is 0. The van der Waals surface area contributed by atoms with E-state index in [1.165, 1.54) is 83.1 Å². The number of anilines is 1. The second-order valence-corrected chi connectivity index (χ2v) is 10.6. The number of benzene rings is 2. The fourth-order valence-electron chi connectivity index (χ4n) is 4.79. The van der Waals surface area contributed by atoms with Gasteiger partial charge in [-0.15, -0.1) is 0 Å². The molecule has 0 aliphatic carbocycles. The molecule has 0 bridgehead atoms. The third-order valence-electron chi connectivity index (χ3n) is 7.08. The first-order valence-corrected chi connectivity index (χ1v) is 15.2. The molecule has 0 saturated heterocycles. The van der Waals surface area contributed by atoms with E-state index in [1.807, 2.05) is 24.3 Å². The van der Waals surface area contributed by atoms with Crippen molar-refractivity contribution in [2.24, 2.45) is 0 Å². The Morgan fingerprint density at radius 2 is 1.33 bits per heavy atom. The highest BCUT2D eigenvalue weighted by Crippen LogP contribution is 2.20. The second kappa shape index (κ2) is 20.1. The predicted octanol–water partition coefficient (Wildman–Crippen LogP) is 8.82. The Morgan fingerprint density at radius 3 is 1.92 bits per heavy atom. The molecule has 0 N–H and O–H groups in total. The standard InChI is InChI=1S/C34H51NO4/c1-4-5-6-7-8-9-10-11-12-13-14-15-26-38-34-23-21-31(22-24-34)19-17-25-35(29(2)36)33-20-16-18-32(27-33)28-39-30(3)37/h16,18,20-24,27H,4-15,17,19,25-26,28H2,1-3H3. The maximum Gasteiger partial charge on any atom is 0.302 e. The molecular weight excluding hydrogens is 486 g/mol. The first-order valence-electron chi connectivity index (χ1n) is 15.2. The van der Waals surface area contributed by atoms with Crippen LogP contribution in [-0.2, 0) is 27.4 Å². The maximum absolute atomic E-state index is 12.3. The Balaban J connectivity index is 1.60. The lowest BCUT2D eigenvalue weighted by atomic mass is 10.1. The van der Waals surface area contributed by atoms with Crippen molar-refractivity contribution >= 4 is 17.6 Å². The summed E-state index contributed by atoms with van der Waals surface area (Å²) >= 11 is 0. The highest BCUT2D eigenvalue weighted by molar-refractivity contribution is 5.91. The quantitative estimate of drug-likeness (QED) is 0.118. The van der Waals surface area contributed by atoms with Gasteiger partial charge in [0.25, 0.3) is 0 Å². The Kier molecular flexibility index (Phi) is 16.7. The van der Waals surface area contributed by atoms with Crippen molar-refractivity contribution in [1.82, 2.24) is 0 Å². The zero-order valence-corrected chi connectivity index (χ0v) is 24.7. The van der Waals surface area contributed by atoms with Crippen molar-refractivity contribution in [3.05, 3.63) is 59.7 Å². The summed E-state index contributed by atoms with van der Waals surface area (Å²) in [7, 11) is 0. The van der Waals surface area contributed by atoms with Gasteiger partial charge in [-0.25, -0.2) is 0 Å². The molecule has 5 heteroatoms. The molecule has 1 amide bonds. The molecule has 2 aromatic carbocycles. The van der Waals surface area contributed by atoms with Crippen LogP contribution in [0.2, 0.25) is 0 Å². The van der Waals surface area contributed by atoms with Crippen molar-refractivity contribution in [1.29, 1.82) is 0 Å². The maximum atomic E-state index is 12.3. The lowest BCUT2D eigenvalue weighted by Gasteiger charge is -2.22. The molecule has 0 aliphatic rings. The van der Waals surface area contributed by atoms with Crippen LogP contribution in [0.3, 0.4) is 0 Å². The van der Waals surface area contributed by atoms with E-state index in [9.17, 15) is 9.59 Å². The molecule has 0 fully saturated rings. The van der Waals surface area contributed by atoms with Gasteiger partial charge in [0.2, 0.25) is 5.91 Å². The fourth-order valence-corrected chi connectivity index (χ4v) is 4.79. The van der Waals surface area contributed by atoms with Crippen LogP contribution in [0.4, 0.5) is 5.69 Å². The molecule has 0 spiro atoms. The van der Waals surface area contributed by atoms with Gasteiger partial charge in [-0.1, -0.05) is 102 Å². The molecule has 39 heavy (non-hydrogen) atoms. The van der Waals surface area contributed by atoms with Crippen molar-refractivity contribution in [3.63, 3.8) is 0 Å². The minimum atomic E-state index is -0.315. The minimum Gasteiger partial charge on any atom is -0.494 e. The van der Waals surface area contributed by atoms with Gasteiger partial charge in [0.15, 0.2) is 0 Å². The highest BCUT2D eigenvalue weighted by Gasteiger charge is 2.12. The predicted molar refractivity (Wildman–Crippen MR) is 161 cm³/mol. The second-order valence-electron chi connectivity index (χ2n) is 10.6. The van der Waals surface area contributed by atoms with E-state index >= 15 is 0 Å². The monoisotopic (exact) mass is 537 g/mol. The molecule has 216 valence electrons. The molecule has 0 radical (unpaired) electrons. The van der Waals surface area contributed by atoms with Crippen LogP contribution in [0, 0.1) is 0 Å². The van der Waals surface area contributed by atoms with E-state index in [4.69, 9.17) is 9.47 Å². The topological polar surface area (TPSA) is 55.8 Å². The van der Waals surface area contributed by atoms with Crippen molar-refractivity contribution in [3.8, 4) is 5.75 Å².